The fraction of sp³-hybridized carbons (Fsp3) is 0.500. The van der Waals surface area contributed by atoms with E-state index in [9.17, 15) is 9.18 Å². The zero-order chi connectivity index (χ0) is 11.1. The number of carbonyl (C=O) groups is 1. The van der Waals surface area contributed by atoms with Gasteiger partial charge >= 0.3 is 5.97 Å². The van der Waals surface area contributed by atoms with Crippen molar-refractivity contribution in [3.8, 4) is 0 Å². The Bertz CT molecular complexity index is 311. The predicted molar refractivity (Wildman–Crippen MR) is 52.3 cm³/mol. The molecule has 0 atom stereocenters. The first-order valence-corrected chi connectivity index (χ1v) is 4.71. The van der Waals surface area contributed by atoms with Gasteiger partial charge in [-0.2, -0.15) is 0 Å². The number of esters is 1. The van der Waals surface area contributed by atoms with Crippen molar-refractivity contribution < 1.29 is 18.3 Å². The molecule has 4 nitrogen and oxygen atoms in total. The van der Waals surface area contributed by atoms with Crippen LogP contribution in [0.5, 0.6) is 0 Å². The SMILES string of the molecule is COC(=O)c1occc1CNCCCF. The lowest BCUT2D eigenvalue weighted by Crippen LogP contribution is -2.16. The molecule has 1 aromatic heterocycles. The van der Waals surface area contributed by atoms with Gasteiger partial charge in [-0.3, -0.25) is 4.39 Å². The van der Waals surface area contributed by atoms with E-state index in [2.05, 4.69) is 10.1 Å². The molecule has 0 aliphatic carbocycles. The molecule has 0 saturated carbocycles. The van der Waals surface area contributed by atoms with Crippen molar-refractivity contribution in [2.75, 3.05) is 20.3 Å². The molecule has 0 aliphatic rings. The van der Waals surface area contributed by atoms with Gasteiger partial charge in [0.25, 0.3) is 0 Å². The summed E-state index contributed by atoms with van der Waals surface area (Å²) in [6.45, 7) is 0.700. The average Bonchev–Trinajstić information content (AvgIpc) is 2.71. The highest BCUT2D eigenvalue weighted by Gasteiger charge is 2.14. The topological polar surface area (TPSA) is 51.5 Å². The second-order valence-corrected chi connectivity index (χ2v) is 2.99. The van der Waals surface area contributed by atoms with Gasteiger partial charge in [-0.05, 0) is 19.0 Å². The van der Waals surface area contributed by atoms with Gasteiger partial charge in [-0.1, -0.05) is 0 Å². The third kappa shape index (κ3) is 3.36. The van der Waals surface area contributed by atoms with E-state index in [1.807, 2.05) is 0 Å². The Morgan fingerprint density at radius 3 is 3.13 bits per heavy atom. The third-order valence-corrected chi connectivity index (χ3v) is 1.92. The van der Waals surface area contributed by atoms with Gasteiger partial charge in [-0.15, -0.1) is 0 Å². The van der Waals surface area contributed by atoms with Crippen LogP contribution in [0, 0.1) is 0 Å². The monoisotopic (exact) mass is 215 g/mol. The third-order valence-electron chi connectivity index (χ3n) is 1.92. The molecule has 0 fully saturated rings. The normalized spacial score (nSPS) is 10.3. The van der Waals surface area contributed by atoms with Crippen LogP contribution >= 0.6 is 0 Å². The van der Waals surface area contributed by atoms with E-state index in [1.54, 1.807) is 6.07 Å². The number of hydrogen-bond acceptors (Lipinski definition) is 4. The van der Waals surface area contributed by atoms with Crippen molar-refractivity contribution in [3.05, 3.63) is 23.7 Å². The number of furan rings is 1. The van der Waals surface area contributed by atoms with E-state index >= 15 is 0 Å². The highest BCUT2D eigenvalue weighted by molar-refractivity contribution is 5.87. The minimum absolute atomic E-state index is 0.199. The van der Waals surface area contributed by atoms with Gasteiger partial charge < -0.3 is 14.5 Å². The molecule has 0 radical (unpaired) electrons. The number of methoxy groups -OCH3 is 1. The van der Waals surface area contributed by atoms with Gasteiger partial charge in [0.2, 0.25) is 5.76 Å². The quantitative estimate of drug-likeness (QED) is 0.577. The van der Waals surface area contributed by atoms with E-state index in [1.165, 1.54) is 13.4 Å². The van der Waals surface area contributed by atoms with E-state index in [4.69, 9.17) is 4.42 Å². The molecule has 0 bridgehead atoms. The van der Waals surface area contributed by atoms with E-state index in [0.29, 0.717) is 19.5 Å². The maximum absolute atomic E-state index is 11.8. The Morgan fingerprint density at radius 2 is 2.47 bits per heavy atom. The van der Waals surface area contributed by atoms with Crippen LogP contribution in [0.1, 0.15) is 22.5 Å². The smallest absolute Gasteiger partial charge is 0.374 e. The van der Waals surface area contributed by atoms with Crippen molar-refractivity contribution in [1.82, 2.24) is 5.32 Å². The summed E-state index contributed by atoms with van der Waals surface area (Å²) < 4.78 is 21.3. The summed E-state index contributed by atoms with van der Waals surface area (Å²) in [5.41, 5.74) is 0.723. The number of carbonyl (C=O) groups excluding carboxylic acids is 1. The molecule has 0 amide bonds. The Labute approximate surface area is 87.4 Å². The van der Waals surface area contributed by atoms with E-state index in [-0.39, 0.29) is 12.4 Å². The lowest BCUT2D eigenvalue weighted by molar-refractivity contribution is 0.0563. The van der Waals surface area contributed by atoms with Crippen LogP contribution < -0.4 is 5.32 Å². The molecule has 0 saturated heterocycles. The summed E-state index contributed by atoms with van der Waals surface area (Å²) in [7, 11) is 1.30. The second-order valence-electron chi connectivity index (χ2n) is 2.99. The summed E-state index contributed by atoms with van der Waals surface area (Å²) in [4.78, 5) is 11.2. The summed E-state index contributed by atoms with van der Waals surface area (Å²) in [6.07, 6.45) is 1.89. The molecule has 0 aliphatic heterocycles. The second kappa shape index (κ2) is 6.19. The molecule has 1 rings (SSSR count). The van der Waals surface area contributed by atoms with Crippen molar-refractivity contribution in [1.29, 1.82) is 0 Å². The maximum Gasteiger partial charge on any atom is 0.374 e. The van der Waals surface area contributed by atoms with Gasteiger partial charge in [0.15, 0.2) is 0 Å². The molecule has 0 aromatic carbocycles. The standard InChI is InChI=1S/C10H14FNO3/c1-14-10(13)9-8(3-6-15-9)7-12-5-2-4-11/h3,6,12H,2,4-5,7H2,1H3. The first-order valence-electron chi connectivity index (χ1n) is 4.71. The van der Waals surface area contributed by atoms with Crippen LogP contribution in [-0.2, 0) is 11.3 Å². The summed E-state index contributed by atoms with van der Waals surface area (Å²) in [5, 5.41) is 3.00. The Hall–Kier alpha value is -1.36. The summed E-state index contributed by atoms with van der Waals surface area (Å²) in [6, 6.07) is 1.69. The van der Waals surface area contributed by atoms with Gasteiger partial charge in [0, 0.05) is 12.1 Å². The summed E-state index contributed by atoms with van der Waals surface area (Å²) in [5.74, 6) is -0.299. The van der Waals surface area contributed by atoms with Crippen LogP contribution in [0.2, 0.25) is 0 Å². The molecule has 1 aromatic rings. The Balaban J connectivity index is 2.46. The fourth-order valence-electron chi connectivity index (χ4n) is 1.16. The van der Waals surface area contributed by atoms with Crippen LogP contribution in [0.25, 0.3) is 0 Å². The molecule has 5 heteroatoms. The fourth-order valence-corrected chi connectivity index (χ4v) is 1.16. The molecule has 84 valence electrons. The van der Waals surface area contributed by atoms with Gasteiger partial charge in [0.05, 0.1) is 20.0 Å². The molecular weight excluding hydrogens is 201 g/mol. The number of ether oxygens (including phenoxy) is 1. The zero-order valence-corrected chi connectivity index (χ0v) is 8.59. The van der Waals surface area contributed by atoms with Crippen molar-refractivity contribution >= 4 is 5.97 Å². The number of rotatable bonds is 6. The Kier molecular flexibility index (Phi) is 4.83. The predicted octanol–water partition coefficient (Wildman–Crippen LogP) is 1.52. The minimum Gasteiger partial charge on any atom is -0.463 e. The number of nitrogens with one attached hydrogen (secondary N) is 1. The first-order chi connectivity index (χ1) is 7.29. The van der Waals surface area contributed by atoms with Gasteiger partial charge in [-0.25, -0.2) is 4.79 Å². The molecule has 0 unspecified atom stereocenters. The van der Waals surface area contributed by atoms with Crippen molar-refractivity contribution in [2.45, 2.75) is 13.0 Å². The molecular formula is C10H14FNO3. The lowest BCUT2D eigenvalue weighted by Gasteiger charge is -2.02. The largest absolute Gasteiger partial charge is 0.463 e. The van der Waals surface area contributed by atoms with Crippen molar-refractivity contribution in [3.63, 3.8) is 0 Å². The summed E-state index contributed by atoms with van der Waals surface area (Å²) >= 11 is 0. The zero-order valence-electron chi connectivity index (χ0n) is 8.59. The maximum atomic E-state index is 11.8. The number of hydrogen-bond donors (Lipinski definition) is 1. The molecule has 1 N–H and O–H groups in total. The van der Waals surface area contributed by atoms with Crippen LogP contribution in [0.4, 0.5) is 4.39 Å². The molecule has 0 spiro atoms. The lowest BCUT2D eigenvalue weighted by atomic mass is 10.2. The van der Waals surface area contributed by atoms with Crippen molar-refractivity contribution in [2.24, 2.45) is 0 Å². The minimum atomic E-state index is -0.498. The van der Waals surface area contributed by atoms with Gasteiger partial charge in [0.1, 0.15) is 0 Å². The molecule has 15 heavy (non-hydrogen) atoms. The average molecular weight is 215 g/mol. The number of halogens is 1. The van der Waals surface area contributed by atoms with E-state index < -0.39 is 5.97 Å². The van der Waals surface area contributed by atoms with Crippen LogP contribution in [0.3, 0.4) is 0 Å². The first kappa shape index (κ1) is 11.7. The van der Waals surface area contributed by atoms with E-state index in [0.717, 1.165) is 5.56 Å². The van der Waals surface area contributed by atoms with Crippen LogP contribution in [0.15, 0.2) is 16.7 Å². The Morgan fingerprint density at radius 1 is 1.67 bits per heavy atom. The molecule has 1 heterocycles. The van der Waals surface area contributed by atoms with Crippen LogP contribution in [-0.4, -0.2) is 26.3 Å². The number of alkyl halides is 1. The highest BCUT2D eigenvalue weighted by atomic mass is 19.1. The highest BCUT2D eigenvalue weighted by Crippen LogP contribution is 2.11.